The van der Waals surface area contributed by atoms with Gasteiger partial charge in [-0.1, -0.05) is 17.7 Å². The number of aromatic hydroxyl groups is 1. The summed E-state index contributed by atoms with van der Waals surface area (Å²) < 4.78 is 0. The second-order valence-electron chi connectivity index (χ2n) is 3.43. The summed E-state index contributed by atoms with van der Waals surface area (Å²) in [6.45, 7) is 0. The van der Waals surface area contributed by atoms with Gasteiger partial charge < -0.3 is 5.11 Å². The molecule has 2 rings (SSSR count). The largest absolute Gasteiger partial charge is 0.506 e. The van der Waals surface area contributed by atoms with Gasteiger partial charge in [0.15, 0.2) is 0 Å². The second kappa shape index (κ2) is 2.98. The van der Waals surface area contributed by atoms with Crippen molar-refractivity contribution in [1.82, 2.24) is 0 Å². The highest BCUT2D eigenvalue weighted by Crippen LogP contribution is 2.34. The number of rotatable bonds is 2. The normalized spacial score (nSPS) is 16.4. The number of benzene rings is 1. The van der Waals surface area contributed by atoms with Crippen molar-refractivity contribution in [2.75, 3.05) is 0 Å². The fraction of sp³-hybridized carbons (Fsp3) is 0.400. The minimum atomic E-state index is 0.177. The second-order valence-corrected chi connectivity index (χ2v) is 3.84. The van der Waals surface area contributed by atoms with Gasteiger partial charge in [-0.2, -0.15) is 0 Å². The molecule has 2 heteroatoms. The van der Waals surface area contributed by atoms with E-state index in [0.717, 1.165) is 12.3 Å². The van der Waals surface area contributed by atoms with Crippen molar-refractivity contribution < 1.29 is 5.11 Å². The smallest absolute Gasteiger partial charge is 0.134 e. The molecule has 64 valence electrons. The van der Waals surface area contributed by atoms with Crippen molar-refractivity contribution in [2.24, 2.45) is 5.92 Å². The first-order chi connectivity index (χ1) is 5.75. The molecular weight excluding hydrogens is 172 g/mol. The van der Waals surface area contributed by atoms with Gasteiger partial charge in [0.05, 0.1) is 5.02 Å². The Labute approximate surface area is 77.0 Å². The molecule has 0 heterocycles. The van der Waals surface area contributed by atoms with Crippen molar-refractivity contribution in [2.45, 2.75) is 19.3 Å². The fourth-order valence-electron chi connectivity index (χ4n) is 1.33. The molecule has 0 radical (unpaired) electrons. The highest BCUT2D eigenvalue weighted by molar-refractivity contribution is 6.32. The van der Waals surface area contributed by atoms with Crippen LogP contribution >= 0.6 is 11.6 Å². The van der Waals surface area contributed by atoms with E-state index in [2.05, 4.69) is 0 Å². The number of hydrogen-bond acceptors (Lipinski definition) is 1. The molecule has 0 bridgehead atoms. The summed E-state index contributed by atoms with van der Waals surface area (Å²) in [6.07, 6.45) is 3.80. The molecule has 1 saturated carbocycles. The van der Waals surface area contributed by atoms with E-state index in [0.29, 0.717) is 5.02 Å². The number of halogens is 1. The molecule has 1 aromatic carbocycles. The molecule has 1 aliphatic rings. The molecule has 0 aliphatic heterocycles. The summed E-state index contributed by atoms with van der Waals surface area (Å²) in [5.41, 5.74) is 1.24. The van der Waals surface area contributed by atoms with Crippen LogP contribution in [0.1, 0.15) is 18.4 Å². The Morgan fingerprint density at radius 3 is 2.75 bits per heavy atom. The van der Waals surface area contributed by atoms with E-state index in [9.17, 15) is 0 Å². The lowest BCUT2D eigenvalue weighted by atomic mass is 10.1. The van der Waals surface area contributed by atoms with Crippen molar-refractivity contribution in [1.29, 1.82) is 0 Å². The van der Waals surface area contributed by atoms with E-state index in [-0.39, 0.29) is 5.75 Å². The zero-order valence-corrected chi connectivity index (χ0v) is 7.51. The Morgan fingerprint density at radius 2 is 2.17 bits per heavy atom. The molecule has 0 unspecified atom stereocenters. The van der Waals surface area contributed by atoms with E-state index in [1.165, 1.54) is 18.4 Å². The van der Waals surface area contributed by atoms with Crippen LogP contribution in [0.2, 0.25) is 5.02 Å². The average molecular weight is 183 g/mol. The summed E-state index contributed by atoms with van der Waals surface area (Å²) >= 11 is 5.77. The van der Waals surface area contributed by atoms with E-state index < -0.39 is 0 Å². The Hall–Kier alpha value is -0.690. The third-order valence-corrected chi connectivity index (χ3v) is 2.54. The maximum Gasteiger partial charge on any atom is 0.134 e. The molecule has 1 N–H and O–H groups in total. The molecule has 1 aliphatic carbocycles. The first kappa shape index (κ1) is 7.93. The van der Waals surface area contributed by atoms with Gasteiger partial charge in [0.2, 0.25) is 0 Å². The van der Waals surface area contributed by atoms with Gasteiger partial charge in [-0.3, -0.25) is 0 Å². The highest BCUT2D eigenvalue weighted by Gasteiger charge is 2.21. The summed E-state index contributed by atoms with van der Waals surface area (Å²) in [7, 11) is 0. The van der Waals surface area contributed by atoms with Crippen LogP contribution in [-0.2, 0) is 6.42 Å². The topological polar surface area (TPSA) is 20.2 Å². The van der Waals surface area contributed by atoms with Crippen molar-refractivity contribution in [3.63, 3.8) is 0 Å². The average Bonchev–Trinajstić information content (AvgIpc) is 2.81. The van der Waals surface area contributed by atoms with E-state index in [1.54, 1.807) is 6.07 Å². The van der Waals surface area contributed by atoms with Crippen molar-refractivity contribution in [3.05, 3.63) is 28.8 Å². The highest BCUT2D eigenvalue weighted by atomic mass is 35.5. The first-order valence-corrected chi connectivity index (χ1v) is 4.61. The fourth-order valence-corrected chi connectivity index (χ4v) is 1.54. The van der Waals surface area contributed by atoms with Crippen LogP contribution in [0.5, 0.6) is 5.75 Å². The van der Waals surface area contributed by atoms with Gasteiger partial charge in [-0.05, 0) is 42.9 Å². The zero-order valence-electron chi connectivity index (χ0n) is 6.76. The van der Waals surface area contributed by atoms with Gasteiger partial charge in [-0.15, -0.1) is 0 Å². The molecular formula is C10H11ClO. The summed E-state index contributed by atoms with van der Waals surface area (Å²) in [4.78, 5) is 0. The molecule has 0 aromatic heterocycles. The maximum absolute atomic E-state index is 9.16. The number of hydrogen-bond donors (Lipinski definition) is 1. The van der Waals surface area contributed by atoms with Crippen molar-refractivity contribution >= 4 is 11.6 Å². The Balaban J connectivity index is 2.15. The summed E-state index contributed by atoms with van der Waals surface area (Å²) in [5, 5.41) is 9.63. The number of phenolic OH excluding ortho intramolecular Hbond substituents is 1. The number of phenols is 1. The first-order valence-electron chi connectivity index (χ1n) is 4.23. The lowest BCUT2D eigenvalue weighted by Gasteiger charge is -2.01. The third kappa shape index (κ3) is 1.72. The van der Waals surface area contributed by atoms with Crippen molar-refractivity contribution in [3.8, 4) is 5.75 Å². The molecule has 1 nitrogen and oxygen atoms in total. The van der Waals surface area contributed by atoms with Gasteiger partial charge in [-0.25, -0.2) is 0 Å². The molecule has 1 aromatic rings. The van der Waals surface area contributed by atoms with Crippen LogP contribution in [-0.4, -0.2) is 5.11 Å². The van der Waals surface area contributed by atoms with E-state index in [4.69, 9.17) is 16.7 Å². The lowest BCUT2D eigenvalue weighted by Crippen LogP contribution is -1.85. The van der Waals surface area contributed by atoms with Crippen LogP contribution < -0.4 is 0 Å². The van der Waals surface area contributed by atoms with Gasteiger partial charge in [0.25, 0.3) is 0 Å². The molecule has 0 atom stereocenters. The van der Waals surface area contributed by atoms with E-state index >= 15 is 0 Å². The zero-order chi connectivity index (χ0) is 8.55. The lowest BCUT2D eigenvalue weighted by molar-refractivity contribution is 0.475. The Bertz CT molecular complexity index is 292. The molecule has 0 spiro atoms. The molecule has 1 fully saturated rings. The molecule has 0 amide bonds. The van der Waals surface area contributed by atoms with Gasteiger partial charge in [0.1, 0.15) is 5.75 Å². The summed E-state index contributed by atoms with van der Waals surface area (Å²) in [5.74, 6) is 1.04. The molecule has 0 saturated heterocycles. The van der Waals surface area contributed by atoms with Crippen LogP contribution in [0.3, 0.4) is 0 Å². The minimum Gasteiger partial charge on any atom is -0.506 e. The van der Waals surface area contributed by atoms with Crippen LogP contribution in [0, 0.1) is 5.92 Å². The Kier molecular flexibility index (Phi) is 1.97. The van der Waals surface area contributed by atoms with Crippen LogP contribution in [0.25, 0.3) is 0 Å². The van der Waals surface area contributed by atoms with Crippen LogP contribution in [0.4, 0.5) is 0 Å². The SMILES string of the molecule is Oc1ccc(CC2CC2)cc1Cl. The predicted octanol–water partition coefficient (Wildman–Crippen LogP) is 3.00. The third-order valence-electron chi connectivity index (χ3n) is 2.23. The van der Waals surface area contributed by atoms with Crippen LogP contribution in [0.15, 0.2) is 18.2 Å². The monoisotopic (exact) mass is 182 g/mol. The minimum absolute atomic E-state index is 0.177. The maximum atomic E-state index is 9.16. The quantitative estimate of drug-likeness (QED) is 0.746. The van der Waals surface area contributed by atoms with E-state index in [1.807, 2.05) is 12.1 Å². The molecule has 12 heavy (non-hydrogen) atoms. The predicted molar refractivity (Wildman–Crippen MR) is 49.5 cm³/mol. The van der Waals surface area contributed by atoms with Gasteiger partial charge in [0, 0.05) is 0 Å². The van der Waals surface area contributed by atoms with Gasteiger partial charge >= 0.3 is 0 Å². The Morgan fingerprint density at radius 1 is 1.42 bits per heavy atom. The summed E-state index contributed by atoms with van der Waals surface area (Å²) in [6, 6.07) is 5.47. The standard InChI is InChI=1S/C10H11ClO/c11-9-6-8(3-4-10(9)12)5-7-1-2-7/h3-4,6-7,12H,1-2,5H2.